The van der Waals surface area contributed by atoms with E-state index in [0.29, 0.717) is 6.54 Å². The lowest BCUT2D eigenvalue weighted by atomic mass is 9.92. The zero-order valence-electron chi connectivity index (χ0n) is 9.69. The van der Waals surface area contributed by atoms with E-state index in [1.165, 1.54) is 12.7 Å². The summed E-state index contributed by atoms with van der Waals surface area (Å²) in [5, 5.41) is 0. The van der Waals surface area contributed by atoms with Crippen LogP contribution in [0.25, 0.3) is 0 Å². The van der Waals surface area contributed by atoms with Crippen LogP contribution in [0, 0.1) is 12.8 Å². The van der Waals surface area contributed by atoms with Crippen molar-refractivity contribution in [2.75, 3.05) is 13.7 Å². The molecular formula is C13H17NO2. The zero-order valence-corrected chi connectivity index (χ0v) is 9.69. The smallest absolute Gasteiger partial charge is 0.316 e. The van der Waals surface area contributed by atoms with E-state index in [2.05, 4.69) is 0 Å². The van der Waals surface area contributed by atoms with Crippen molar-refractivity contribution in [3.63, 3.8) is 0 Å². The third-order valence-corrected chi connectivity index (χ3v) is 3.51. The van der Waals surface area contributed by atoms with Crippen LogP contribution in [0.5, 0.6) is 0 Å². The fraction of sp³-hybridized carbons (Fsp3) is 0.462. The molecule has 0 amide bonds. The van der Waals surface area contributed by atoms with Gasteiger partial charge in [-0.15, -0.1) is 0 Å². The Labute approximate surface area is 95.6 Å². The van der Waals surface area contributed by atoms with Crippen molar-refractivity contribution in [3.05, 3.63) is 35.4 Å². The maximum Gasteiger partial charge on any atom is 0.316 e. The van der Waals surface area contributed by atoms with Crippen molar-refractivity contribution in [2.24, 2.45) is 11.7 Å². The Kier molecular flexibility index (Phi) is 2.72. The largest absolute Gasteiger partial charge is 0.468 e. The average molecular weight is 219 g/mol. The van der Waals surface area contributed by atoms with Gasteiger partial charge in [0.25, 0.3) is 0 Å². The molecule has 1 fully saturated rings. The summed E-state index contributed by atoms with van der Waals surface area (Å²) >= 11 is 0. The molecule has 2 rings (SSSR count). The minimum atomic E-state index is -0.475. The summed E-state index contributed by atoms with van der Waals surface area (Å²) in [7, 11) is 1.43. The van der Waals surface area contributed by atoms with Crippen molar-refractivity contribution >= 4 is 5.97 Å². The highest BCUT2D eigenvalue weighted by Gasteiger charge is 2.61. The first-order chi connectivity index (χ1) is 7.65. The maximum atomic E-state index is 11.9. The van der Waals surface area contributed by atoms with Crippen molar-refractivity contribution in [2.45, 2.75) is 18.8 Å². The first-order valence-corrected chi connectivity index (χ1v) is 5.50. The molecular weight excluding hydrogens is 202 g/mol. The third kappa shape index (κ3) is 1.52. The Morgan fingerprint density at radius 2 is 2.12 bits per heavy atom. The van der Waals surface area contributed by atoms with E-state index in [1.807, 2.05) is 31.2 Å². The normalized spacial score (nSPS) is 27.6. The summed E-state index contributed by atoms with van der Waals surface area (Å²) in [6, 6.07) is 8.04. The molecule has 3 nitrogen and oxygen atoms in total. The monoisotopic (exact) mass is 219 g/mol. The van der Waals surface area contributed by atoms with E-state index >= 15 is 0 Å². The summed E-state index contributed by atoms with van der Waals surface area (Å²) in [5.41, 5.74) is 7.40. The van der Waals surface area contributed by atoms with Crippen LogP contribution in [0.1, 0.15) is 17.5 Å². The average Bonchev–Trinajstić information content (AvgIpc) is 3.04. The van der Waals surface area contributed by atoms with Gasteiger partial charge in [0.05, 0.1) is 12.5 Å². The molecule has 0 spiro atoms. The number of hydrogen-bond acceptors (Lipinski definition) is 3. The molecule has 1 aromatic carbocycles. The number of rotatable bonds is 3. The van der Waals surface area contributed by atoms with Gasteiger partial charge in [-0.05, 0) is 31.4 Å². The minimum absolute atomic E-state index is 0.160. The van der Waals surface area contributed by atoms with Gasteiger partial charge in [0.2, 0.25) is 0 Å². The van der Waals surface area contributed by atoms with Gasteiger partial charge in [0.1, 0.15) is 0 Å². The van der Waals surface area contributed by atoms with Crippen molar-refractivity contribution < 1.29 is 9.53 Å². The minimum Gasteiger partial charge on any atom is -0.468 e. The molecule has 16 heavy (non-hydrogen) atoms. The molecule has 0 aromatic heterocycles. The molecule has 0 bridgehead atoms. The second-order valence-corrected chi connectivity index (χ2v) is 4.47. The number of hydrogen-bond donors (Lipinski definition) is 1. The summed E-state index contributed by atoms with van der Waals surface area (Å²) in [6.45, 7) is 2.56. The number of carbonyl (C=O) groups is 1. The van der Waals surface area contributed by atoms with E-state index in [9.17, 15) is 4.79 Å². The fourth-order valence-electron chi connectivity index (χ4n) is 2.37. The van der Waals surface area contributed by atoms with Crippen molar-refractivity contribution in [3.8, 4) is 0 Å². The van der Waals surface area contributed by atoms with Gasteiger partial charge in [-0.1, -0.05) is 29.8 Å². The first-order valence-electron chi connectivity index (χ1n) is 5.50. The van der Waals surface area contributed by atoms with Gasteiger partial charge >= 0.3 is 5.97 Å². The molecule has 2 atom stereocenters. The Morgan fingerprint density at radius 1 is 1.50 bits per heavy atom. The highest BCUT2D eigenvalue weighted by molar-refractivity contribution is 5.87. The van der Waals surface area contributed by atoms with Crippen LogP contribution < -0.4 is 5.73 Å². The van der Waals surface area contributed by atoms with Crippen LogP contribution in [0.4, 0.5) is 0 Å². The number of ether oxygens (including phenoxy) is 1. The predicted octanol–water partition coefficient (Wildman–Crippen LogP) is 1.38. The van der Waals surface area contributed by atoms with E-state index in [1.54, 1.807) is 0 Å². The Hall–Kier alpha value is -1.35. The Morgan fingerprint density at radius 3 is 2.56 bits per heavy atom. The van der Waals surface area contributed by atoms with Gasteiger partial charge in [0.15, 0.2) is 0 Å². The maximum absolute atomic E-state index is 11.9. The number of nitrogens with two attached hydrogens (primary N) is 1. The van der Waals surface area contributed by atoms with Gasteiger partial charge in [0, 0.05) is 0 Å². The predicted molar refractivity (Wildman–Crippen MR) is 62.0 cm³/mol. The highest BCUT2D eigenvalue weighted by atomic mass is 16.5. The Bertz CT molecular complexity index is 399. The summed E-state index contributed by atoms with van der Waals surface area (Å²) in [6.07, 6.45) is 0.805. The van der Waals surface area contributed by atoms with Gasteiger partial charge in [-0.3, -0.25) is 4.79 Å². The van der Waals surface area contributed by atoms with Crippen LogP contribution in [-0.2, 0) is 14.9 Å². The molecule has 86 valence electrons. The number of methoxy groups -OCH3 is 1. The van der Waals surface area contributed by atoms with E-state index in [4.69, 9.17) is 10.5 Å². The Balaban J connectivity index is 2.35. The van der Waals surface area contributed by atoms with Gasteiger partial charge in [-0.2, -0.15) is 0 Å². The molecule has 1 aliphatic rings. The van der Waals surface area contributed by atoms with Gasteiger partial charge < -0.3 is 10.5 Å². The van der Waals surface area contributed by atoms with Crippen LogP contribution >= 0.6 is 0 Å². The third-order valence-electron chi connectivity index (χ3n) is 3.51. The van der Waals surface area contributed by atoms with Crippen LogP contribution in [0.15, 0.2) is 24.3 Å². The molecule has 1 aliphatic carbocycles. The van der Waals surface area contributed by atoms with Crippen LogP contribution in [0.3, 0.4) is 0 Å². The van der Waals surface area contributed by atoms with Crippen LogP contribution in [0.2, 0.25) is 0 Å². The van der Waals surface area contributed by atoms with E-state index in [0.717, 1.165) is 12.0 Å². The van der Waals surface area contributed by atoms with E-state index in [-0.39, 0.29) is 11.9 Å². The molecule has 0 aliphatic heterocycles. The van der Waals surface area contributed by atoms with Crippen molar-refractivity contribution in [1.29, 1.82) is 0 Å². The molecule has 0 radical (unpaired) electrons. The summed E-state index contributed by atoms with van der Waals surface area (Å²) in [5.74, 6) is 0.0643. The lowest BCUT2D eigenvalue weighted by molar-refractivity contribution is -0.144. The standard InChI is InChI=1S/C13H17NO2/c1-9-3-5-10(6-4-9)13(12(15)16-2)7-11(13)8-14/h3-6,11H,7-8,14H2,1-2H3. The molecule has 1 saturated carbocycles. The second kappa shape index (κ2) is 3.91. The van der Waals surface area contributed by atoms with Crippen LogP contribution in [-0.4, -0.2) is 19.6 Å². The molecule has 3 heteroatoms. The molecule has 1 aromatic rings. The van der Waals surface area contributed by atoms with E-state index < -0.39 is 5.41 Å². The SMILES string of the molecule is COC(=O)C1(c2ccc(C)cc2)CC1CN. The molecule has 2 N–H and O–H groups in total. The zero-order chi connectivity index (χ0) is 11.8. The summed E-state index contributed by atoms with van der Waals surface area (Å²) in [4.78, 5) is 11.9. The molecule has 0 heterocycles. The topological polar surface area (TPSA) is 52.3 Å². The fourth-order valence-corrected chi connectivity index (χ4v) is 2.37. The number of carbonyl (C=O) groups excluding carboxylic acids is 1. The lowest BCUT2D eigenvalue weighted by Crippen LogP contribution is -2.26. The van der Waals surface area contributed by atoms with Crippen molar-refractivity contribution in [1.82, 2.24) is 0 Å². The summed E-state index contributed by atoms with van der Waals surface area (Å²) < 4.78 is 4.90. The molecule has 0 saturated heterocycles. The van der Waals surface area contributed by atoms with Gasteiger partial charge in [-0.25, -0.2) is 0 Å². The number of benzene rings is 1. The number of esters is 1. The quantitative estimate of drug-likeness (QED) is 0.781. The first kappa shape index (κ1) is 11.1. The number of aryl methyl sites for hydroxylation is 1. The second-order valence-electron chi connectivity index (χ2n) is 4.47. The molecule has 2 unspecified atom stereocenters. The lowest BCUT2D eigenvalue weighted by Gasteiger charge is -2.15. The highest BCUT2D eigenvalue weighted by Crippen LogP contribution is 2.54.